The Morgan fingerprint density at radius 2 is 2.17 bits per heavy atom. The molecule has 0 saturated heterocycles. The molecular weight excluding hydrogens is 228 g/mol. The number of aromatic nitrogens is 1. The monoisotopic (exact) mass is 252 g/mol. The Morgan fingerprint density at radius 1 is 1.50 bits per heavy atom. The van der Waals surface area contributed by atoms with Crippen LogP contribution in [0.15, 0.2) is 10.6 Å². The molecule has 4 heteroatoms. The van der Waals surface area contributed by atoms with Gasteiger partial charge in [-0.25, -0.2) is 4.98 Å². The lowest BCUT2D eigenvalue weighted by molar-refractivity contribution is 0.0999. The Bertz CT molecular complexity index is 391. The first-order valence-electron chi connectivity index (χ1n) is 6.68. The van der Waals surface area contributed by atoms with E-state index in [9.17, 15) is 5.11 Å². The fourth-order valence-electron chi connectivity index (χ4n) is 1.97. The van der Waals surface area contributed by atoms with E-state index in [1.54, 1.807) is 6.20 Å². The Hall–Kier alpha value is -0.870. The van der Waals surface area contributed by atoms with Crippen LogP contribution in [0.25, 0.3) is 0 Å². The first-order valence-corrected chi connectivity index (χ1v) is 6.68. The van der Waals surface area contributed by atoms with E-state index in [-0.39, 0.29) is 11.5 Å². The van der Waals surface area contributed by atoms with E-state index in [2.05, 4.69) is 30.7 Å². The molecule has 1 unspecified atom stereocenters. The molecule has 102 valence electrons. The van der Waals surface area contributed by atoms with Gasteiger partial charge in [0, 0.05) is 12.0 Å². The van der Waals surface area contributed by atoms with Gasteiger partial charge in [-0.3, -0.25) is 4.90 Å². The number of aliphatic hydroxyl groups excluding tert-OH is 1. The highest BCUT2D eigenvalue weighted by Gasteiger charge is 2.30. The number of hydrogen-bond donors (Lipinski definition) is 1. The van der Waals surface area contributed by atoms with Crippen molar-refractivity contribution in [2.75, 3.05) is 13.6 Å². The summed E-state index contributed by atoms with van der Waals surface area (Å²) in [7, 11) is 1.99. The molecule has 1 aromatic rings. The maximum atomic E-state index is 9.88. The van der Waals surface area contributed by atoms with Crippen molar-refractivity contribution in [2.45, 2.75) is 51.7 Å². The molecule has 0 bridgehead atoms. The highest BCUT2D eigenvalue weighted by atomic mass is 16.4. The predicted molar refractivity (Wildman–Crippen MR) is 70.3 cm³/mol. The second kappa shape index (κ2) is 5.02. The zero-order valence-electron chi connectivity index (χ0n) is 11.8. The molecule has 0 spiro atoms. The quantitative estimate of drug-likeness (QED) is 0.872. The molecule has 2 rings (SSSR count). The van der Waals surface area contributed by atoms with Crippen LogP contribution in [0, 0.1) is 5.92 Å². The maximum absolute atomic E-state index is 9.88. The normalized spacial score (nSPS) is 18.3. The topological polar surface area (TPSA) is 49.5 Å². The average molecular weight is 252 g/mol. The second-order valence-corrected chi connectivity index (χ2v) is 6.47. The SMILES string of the molecule is CN(Cc1ncc(C(C)(C)C)o1)CC(O)C1CC1. The number of hydrogen-bond acceptors (Lipinski definition) is 4. The van der Waals surface area contributed by atoms with Gasteiger partial charge in [-0.05, 0) is 25.8 Å². The highest BCUT2D eigenvalue weighted by molar-refractivity contribution is 5.05. The van der Waals surface area contributed by atoms with Crippen molar-refractivity contribution in [1.29, 1.82) is 0 Å². The summed E-state index contributed by atoms with van der Waals surface area (Å²) in [6.07, 6.45) is 3.94. The number of oxazole rings is 1. The third-order valence-corrected chi connectivity index (χ3v) is 3.36. The summed E-state index contributed by atoms with van der Waals surface area (Å²) >= 11 is 0. The van der Waals surface area contributed by atoms with E-state index in [0.29, 0.717) is 19.0 Å². The Kier molecular flexibility index (Phi) is 3.78. The van der Waals surface area contributed by atoms with Gasteiger partial charge >= 0.3 is 0 Å². The lowest BCUT2D eigenvalue weighted by Gasteiger charge is -2.19. The zero-order valence-corrected chi connectivity index (χ0v) is 11.8. The van der Waals surface area contributed by atoms with E-state index >= 15 is 0 Å². The van der Waals surface area contributed by atoms with Crippen LogP contribution >= 0.6 is 0 Å². The summed E-state index contributed by atoms with van der Waals surface area (Å²) in [5, 5.41) is 9.88. The van der Waals surface area contributed by atoms with Crippen LogP contribution in [0.3, 0.4) is 0 Å². The number of nitrogens with zero attached hydrogens (tertiary/aromatic N) is 2. The van der Waals surface area contributed by atoms with E-state index in [1.807, 2.05) is 7.05 Å². The van der Waals surface area contributed by atoms with E-state index < -0.39 is 0 Å². The molecule has 0 amide bonds. The molecule has 4 nitrogen and oxygen atoms in total. The van der Waals surface area contributed by atoms with Gasteiger partial charge in [0.25, 0.3) is 0 Å². The largest absolute Gasteiger partial charge is 0.444 e. The zero-order chi connectivity index (χ0) is 13.3. The van der Waals surface area contributed by atoms with Gasteiger partial charge in [-0.1, -0.05) is 20.8 Å². The minimum absolute atomic E-state index is 0.00263. The summed E-state index contributed by atoms with van der Waals surface area (Å²) in [5.41, 5.74) is -0.00263. The van der Waals surface area contributed by atoms with Crippen molar-refractivity contribution in [2.24, 2.45) is 5.92 Å². The van der Waals surface area contributed by atoms with Crippen LogP contribution in [-0.4, -0.2) is 34.7 Å². The van der Waals surface area contributed by atoms with Crippen molar-refractivity contribution in [3.05, 3.63) is 17.8 Å². The molecular formula is C14H24N2O2. The molecule has 1 atom stereocenters. The molecule has 1 saturated carbocycles. The van der Waals surface area contributed by atoms with Gasteiger partial charge in [-0.2, -0.15) is 0 Å². The summed E-state index contributed by atoms with van der Waals surface area (Å²) in [4.78, 5) is 6.37. The molecule has 18 heavy (non-hydrogen) atoms. The maximum Gasteiger partial charge on any atom is 0.208 e. The second-order valence-electron chi connectivity index (χ2n) is 6.47. The van der Waals surface area contributed by atoms with Crippen molar-refractivity contribution >= 4 is 0 Å². The molecule has 1 aromatic heterocycles. The van der Waals surface area contributed by atoms with Gasteiger partial charge in [0.15, 0.2) is 0 Å². The highest BCUT2D eigenvalue weighted by Crippen LogP contribution is 2.32. The molecule has 1 fully saturated rings. The molecule has 0 aromatic carbocycles. The standard InChI is InChI=1S/C14H24N2O2/c1-14(2,3)12-7-15-13(18-12)9-16(4)8-11(17)10-5-6-10/h7,10-11,17H,5-6,8-9H2,1-4H3. The van der Waals surface area contributed by atoms with Gasteiger partial charge in [0.1, 0.15) is 5.76 Å². The Morgan fingerprint density at radius 3 is 2.67 bits per heavy atom. The minimum Gasteiger partial charge on any atom is -0.444 e. The van der Waals surface area contributed by atoms with Crippen molar-refractivity contribution in [3.63, 3.8) is 0 Å². The lowest BCUT2D eigenvalue weighted by atomic mass is 9.94. The fraction of sp³-hybridized carbons (Fsp3) is 0.786. The van der Waals surface area contributed by atoms with E-state index in [4.69, 9.17) is 4.42 Å². The van der Waals surface area contributed by atoms with Gasteiger partial charge in [0.2, 0.25) is 5.89 Å². The van der Waals surface area contributed by atoms with Gasteiger partial charge in [0.05, 0.1) is 18.8 Å². The molecule has 0 radical (unpaired) electrons. The summed E-state index contributed by atoms with van der Waals surface area (Å²) in [6, 6.07) is 0. The van der Waals surface area contributed by atoms with Crippen LogP contribution in [0.4, 0.5) is 0 Å². The number of rotatable bonds is 5. The first-order chi connectivity index (χ1) is 8.36. The Labute approximate surface area is 109 Å². The van der Waals surface area contributed by atoms with Crippen molar-refractivity contribution in [3.8, 4) is 0 Å². The van der Waals surface area contributed by atoms with Crippen LogP contribution < -0.4 is 0 Å². The van der Waals surface area contributed by atoms with Crippen LogP contribution in [0.1, 0.15) is 45.3 Å². The van der Waals surface area contributed by atoms with Gasteiger partial charge in [-0.15, -0.1) is 0 Å². The van der Waals surface area contributed by atoms with Crippen LogP contribution in [0.2, 0.25) is 0 Å². The first kappa shape index (κ1) is 13.6. The number of likely N-dealkylation sites (N-methyl/N-ethyl adjacent to an activating group) is 1. The van der Waals surface area contributed by atoms with Crippen molar-refractivity contribution < 1.29 is 9.52 Å². The molecule has 1 aliphatic carbocycles. The smallest absolute Gasteiger partial charge is 0.208 e. The third-order valence-electron chi connectivity index (χ3n) is 3.36. The molecule has 1 heterocycles. The summed E-state index contributed by atoms with van der Waals surface area (Å²) in [5.74, 6) is 2.15. The molecule has 1 N–H and O–H groups in total. The third kappa shape index (κ3) is 3.56. The van der Waals surface area contributed by atoms with Crippen LogP contribution in [-0.2, 0) is 12.0 Å². The fourth-order valence-corrected chi connectivity index (χ4v) is 1.97. The molecule has 0 aliphatic heterocycles. The van der Waals surface area contributed by atoms with Crippen LogP contribution in [0.5, 0.6) is 0 Å². The lowest BCUT2D eigenvalue weighted by Crippen LogP contribution is -2.30. The summed E-state index contributed by atoms with van der Waals surface area (Å²) < 4.78 is 5.74. The van der Waals surface area contributed by atoms with Crippen molar-refractivity contribution in [1.82, 2.24) is 9.88 Å². The van der Waals surface area contributed by atoms with E-state index in [1.165, 1.54) is 12.8 Å². The van der Waals surface area contributed by atoms with E-state index in [0.717, 1.165) is 11.7 Å². The Balaban J connectivity index is 1.86. The van der Waals surface area contributed by atoms with Gasteiger partial charge < -0.3 is 9.52 Å². The predicted octanol–water partition coefficient (Wildman–Crippen LogP) is 2.17. The molecule has 1 aliphatic rings. The number of aliphatic hydroxyl groups is 1. The minimum atomic E-state index is -0.202. The summed E-state index contributed by atoms with van der Waals surface area (Å²) in [6.45, 7) is 7.67. The average Bonchev–Trinajstić information content (AvgIpc) is 2.98.